The number of nitro groups is 1. The van der Waals surface area contributed by atoms with Gasteiger partial charge in [-0.25, -0.2) is 0 Å². The largest absolute Gasteiger partial charge is 0.493 e. The third kappa shape index (κ3) is 4.65. The van der Waals surface area contributed by atoms with Crippen LogP contribution in [0.2, 0.25) is 0 Å². The van der Waals surface area contributed by atoms with Crippen LogP contribution in [0.25, 0.3) is 6.08 Å². The highest BCUT2D eigenvalue weighted by Gasteiger charge is 2.14. The summed E-state index contributed by atoms with van der Waals surface area (Å²) in [7, 11) is 1.43. The topological polar surface area (TPSA) is 78.7 Å². The van der Waals surface area contributed by atoms with E-state index in [1.807, 2.05) is 6.92 Å². The first-order valence-corrected chi connectivity index (χ1v) is 6.67. The number of ether oxygens (including phenoxy) is 2. The molecule has 0 bridgehead atoms. The van der Waals surface area contributed by atoms with Crippen molar-refractivity contribution in [3.8, 4) is 11.5 Å². The smallest absolute Gasteiger partial charge is 0.311 e. The van der Waals surface area contributed by atoms with E-state index in [9.17, 15) is 14.9 Å². The van der Waals surface area contributed by atoms with E-state index in [0.29, 0.717) is 28.6 Å². The summed E-state index contributed by atoms with van der Waals surface area (Å²) in [5.74, 6) is 0.233. The summed E-state index contributed by atoms with van der Waals surface area (Å²) in [4.78, 5) is 21.3. The Morgan fingerprint density at radius 3 is 2.75 bits per heavy atom. The minimum atomic E-state index is -0.560. The molecule has 108 valence electrons. The third-order valence-corrected chi connectivity index (χ3v) is 2.90. The highest BCUT2D eigenvalue weighted by atomic mass is 79.9. The zero-order valence-electron chi connectivity index (χ0n) is 11.1. The molecule has 0 fully saturated rings. The molecule has 0 amide bonds. The van der Waals surface area contributed by atoms with Gasteiger partial charge in [0, 0.05) is 12.5 Å². The van der Waals surface area contributed by atoms with Crippen molar-refractivity contribution in [3.05, 3.63) is 38.5 Å². The van der Waals surface area contributed by atoms with Crippen molar-refractivity contribution in [1.29, 1.82) is 0 Å². The molecule has 0 aliphatic carbocycles. The number of rotatable bonds is 6. The van der Waals surface area contributed by atoms with Crippen molar-refractivity contribution in [2.45, 2.75) is 19.8 Å². The second-order valence-electron chi connectivity index (χ2n) is 3.86. The fourth-order valence-corrected chi connectivity index (χ4v) is 1.99. The van der Waals surface area contributed by atoms with Crippen LogP contribution in [0.3, 0.4) is 0 Å². The normalized spacial score (nSPS) is 10.6. The first kappa shape index (κ1) is 16.2. The van der Waals surface area contributed by atoms with E-state index in [4.69, 9.17) is 9.47 Å². The Kier molecular flexibility index (Phi) is 6.17. The quantitative estimate of drug-likeness (QED) is 0.342. The van der Waals surface area contributed by atoms with Gasteiger partial charge in [-0.1, -0.05) is 6.92 Å². The average molecular weight is 344 g/mol. The van der Waals surface area contributed by atoms with Crippen LogP contribution >= 0.6 is 15.9 Å². The van der Waals surface area contributed by atoms with E-state index < -0.39 is 4.92 Å². The van der Waals surface area contributed by atoms with Crippen molar-refractivity contribution in [2.75, 3.05) is 7.11 Å². The summed E-state index contributed by atoms with van der Waals surface area (Å²) < 4.78 is 10.9. The number of esters is 1. The summed E-state index contributed by atoms with van der Waals surface area (Å²) >= 11 is 3.26. The van der Waals surface area contributed by atoms with Crippen molar-refractivity contribution in [1.82, 2.24) is 0 Å². The van der Waals surface area contributed by atoms with Crippen molar-refractivity contribution in [3.63, 3.8) is 0 Å². The summed E-state index contributed by atoms with van der Waals surface area (Å²) in [6.07, 6.45) is 3.13. The van der Waals surface area contributed by atoms with E-state index >= 15 is 0 Å². The number of methoxy groups -OCH3 is 1. The summed E-state index contributed by atoms with van der Waals surface area (Å²) in [6.45, 7) is 1.87. The lowest BCUT2D eigenvalue weighted by Crippen LogP contribution is -2.08. The van der Waals surface area contributed by atoms with Gasteiger partial charge in [-0.05, 0) is 40.0 Å². The molecule has 0 saturated heterocycles. The molecule has 7 heteroatoms. The van der Waals surface area contributed by atoms with Crippen LogP contribution < -0.4 is 9.47 Å². The van der Waals surface area contributed by atoms with Gasteiger partial charge in [-0.2, -0.15) is 0 Å². The predicted molar refractivity (Wildman–Crippen MR) is 77.3 cm³/mol. The minimum Gasteiger partial charge on any atom is -0.493 e. The van der Waals surface area contributed by atoms with Crippen LogP contribution in [0.15, 0.2) is 22.8 Å². The van der Waals surface area contributed by atoms with Crippen molar-refractivity contribution in [2.24, 2.45) is 0 Å². The van der Waals surface area contributed by atoms with Crippen LogP contribution in [0.1, 0.15) is 25.3 Å². The van der Waals surface area contributed by atoms with Crippen molar-refractivity contribution < 1.29 is 19.2 Å². The van der Waals surface area contributed by atoms with Crippen LogP contribution in [0.5, 0.6) is 11.5 Å². The van der Waals surface area contributed by atoms with Gasteiger partial charge in [0.2, 0.25) is 6.20 Å². The second-order valence-corrected chi connectivity index (χ2v) is 4.71. The summed E-state index contributed by atoms with van der Waals surface area (Å²) in [6, 6.07) is 3.16. The van der Waals surface area contributed by atoms with Crippen LogP contribution in [0.4, 0.5) is 0 Å². The van der Waals surface area contributed by atoms with Gasteiger partial charge >= 0.3 is 5.97 Å². The molecule has 0 N–H and O–H groups in total. The number of nitrogens with zero attached hydrogens (tertiary/aromatic N) is 1. The molecule has 0 heterocycles. The number of carbonyl (C=O) groups is 1. The van der Waals surface area contributed by atoms with Gasteiger partial charge in [0.15, 0.2) is 11.5 Å². The van der Waals surface area contributed by atoms with E-state index in [-0.39, 0.29) is 11.7 Å². The highest BCUT2D eigenvalue weighted by Crippen LogP contribution is 2.37. The molecule has 0 atom stereocenters. The fraction of sp³-hybridized carbons (Fsp3) is 0.308. The highest BCUT2D eigenvalue weighted by molar-refractivity contribution is 9.10. The van der Waals surface area contributed by atoms with Crippen LogP contribution in [-0.4, -0.2) is 18.0 Å². The summed E-state index contributed by atoms with van der Waals surface area (Å²) in [5.41, 5.74) is 0.556. The molecule has 1 aromatic rings. The Bertz CT molecular complexity index is 542. The second kappa shape index (κ2) is 7.64. The Morgan fingerprint density at radius 2 is 2.20 bits per heavy atom. The third-order valence-electron chi connectivity index (χ3n) is 2.31. The Morgan fingerprint density at radius 1 is 1.50 bits per heavy atom. The lowest BCUT2D eigenvalue weighted by Gasteiger charge is -2.11. The fourth-order valence-electron chi connectivity index (χ4n) is 1.45. The predicted octanol–water partition coefficient (Wildman–Crippen LogP) is 3.41. The van der Waals surface area contributed by atoms with Crippen molar-refractivity contribution >= 4 is 28.0 Å². The van der Waals surface area contributed by atoms with E-state index in [1.54, 1.807) is 12.1 Å². The summed E-state index contributed by atoms with van der Waals surface area (Å²) in [5, 5.41) is 10.3. The lowest BCUT2D eigenvalue weighted by atomic mass is 10.2. The number of halogens is 1. The molecule has 0 radical (unpaired) electrons. The zero-order chi connectivity index (χ0) is 15.1. The molecule has 20 heavy (non-hydrogen) atoms. The molecular weight excluding hydrogens is 330 g/mol. The molecular formula is C13H14BrNO5. The van der Waals surface area contributed by atoms with Gasteiger partial charge in [0.1, 0.15) is 0 Å². The molecule has 0 unspecified atom stereocenters. The Balaban J connectivity index is 3.07. The van der Waals surface area contributed by atoms with Gasteiger partial charge < -0.3 is 9.47 Å². The van der Waals surface area contributed by atoms with Crippen LogP contribution in [0, 0.1) is 10.1 Å². The Labute approximate surface area is 124 Å². The van der Waals surface area contributed by atoms with E-state index in [1.165, 1.54) is 13.2 Å². The van der Waals surface area contributed by atoms with E-state index in [2.05, 4.69) is 15.9 Å². The SMILES string of the molecule is CCCC(=O)Oc1c(Br)cc(C=C[N+](=O)[O-])cc1OC. The number of hydrogen-bond donors (Lipinski definition) is 0. The van der Waals surface area contributed by atoms with Gasteiger partial charge in [-0.15, -0.1) is 0 Å². The minimum absolute atomic E-state index is 0.268. The Hall–Kier alpha value is -1.89. The maximum absolute atomic E-state index is 11.5. The standard InChI is InChI=1S/C13H14BrNO5/c1-3-4-12(16)20-13-10(14)7-9(5-6-15(17)18)8-11(13)19-2/h5-8H,3-4H2,1-2H3. The maximum atomic E-state index is 11.5. The average Bonchev–Trinajstić information content (AvgIpc) is 2.39. The maximum Gasteiger partial charge on any atom is 0.311 e. The first-order chi connectivity index (χ1) is 9.47. The van der Waals surface area contributed by atoms with Gasteiger partial charge in [0.05, 0.1) is 16.5 Å². The zero-order valence-corrected chi connectivity index (χ0v) is 12.7. The number of carbonyl (C=O) groups excluding carboxylic acids is 1. The van der Waals surface area contributed by atoms with E-state index in [0.717, 1.165) is 6.20 Å². The molecule has 1 aromatic carbocycles. The van der Waals surface area contributed by atoms with Gasteiger partial charge in [-0.3, -0.25) is 14.9 Å². The lowest BCUT2D eigenvalue weighted by molar-refractivity contribution is -0.400. The molecule has 6 nitrogen and oxygen atoms in total. The monoisotopic (exact) mass is 343 g/mol. The molecule has 0 spiro atoms. The van der Waals surface area contributed by atoms with Gasteiger partial charge in [0.25, 0.3) is 0 Å². The first-order valence-electron chi connectivity index (χ1n) is 5.87. The molecule has 0 aromatic heterocycles. The molecule has 0 aliphatic rings. The number of benzene rings is 1. The molecule has 0 aliphatic heterocycles. The molecule has 1 rings (SSSR count). The molecule has 0 saturated carbocycles. The van der Waals surface area contributed by atoms with Crippen LogP contribution in [-0.2, 0) is 4.79 Å². The number of hydrogen-bond acceptors (Lipinski definition) is 5.